The first-order valence-electron chi connectivity index (χ1n) is 10.3. The molecular weight excluding hydrogens is 449 g/mol. The molecule has 1 amide bonds. The van der Waals surface area contributed by atoms with Crippen LogP contribution in [0.25, 0.3) is 0 Å². The molecule has 6 nitrogen and oxygen atoms in total. The minimum atomic E-state index is -4.78. The van der Waals surface area contributed by atoms with Crippen LogP contribution in [0, 0.1) is 17.0 Å². The van der Waals surface area contributed by atoms with E-state index in [9.17, 15) is 31.9 Å². The highest BCUT2D eigenvalue weighted by Crippen LogP contribution is 2.40. The standard InChI is InChI=1S/C22H22F5N3O3/c23-16-2-1-3-17(24)18(16)19(31)29-10-8-21(12-29)9-11-30(13-21)20(32)28-14-4-6-15(7-5-14)33-22(25,26)27/h1-7,20,28,32H,8-13H2. The second kappa shape index (κ2) is 8.79. The van der Waals surface area contributed by atoms with Crippen LogP contribution < -0.4 is 10.1 Å². The van der Waals surface area contributed by atoms with Crippen molar-refractivity contribution in [2.45, 2.75) is 25.6 Å². The van der Waals surface area contributed by atoms with E-state index in [1.165, 1.54) is 23.1 Å². The van der Waals surface area contributed by atoms with Gasteiger partial charge in [0.2, 0.25) is 0 Å². The van der Waals surface area contributed by atoms with Gasteiger partial charge >= 0.3 is 6.36 Å². The lowest BCUT2D eigenvalue weighted by atomic mass is 9.86. The Morgan fingerprint density at radius 3 is 2.30 bits per heavy atom. The van der Waals surface area contributed by atoms with Gasteiger partial charge in [0, 0.05) is 37.3 Å². The summed E-state index contributed by atoms with van der Waals surface area (Å²) < 4.78 is 68.6. The molecule has 2 unspecified atom stereocenters. The van der Waals surface area contributed by atoms with Crippen molar-refractivity contribution in [3.63, 3.8) is 0 Å². The van der Waals surface area contributed by atoms with Gasteiger partial charge in [0.25, 0.3) is 5.91 Å². The van der Waals surface area contributed by atoms with Crippen molar-refractivity contribution in [2.24, 2.45) is 5.41 Å². The fraction of sp³-hybridized carbons (Fsp3) is 0.409. The Morgan fingerprint density at radius 2 is 1.67 bits per heavy atom. The summed E-state index contributed by atoms with van der Waals surface area (Å²) in [5, 5.41) is 13.4. The monoisotopic (exact) mass is 471 g/mol. The van der Waals surface area contributed by atoms with Gasteiger partial charge in [-0.3, -0.25) is 9.69 Å². The van der Waals surface area contributed by atoms with Gasteiger partial charge in [-0.1, -0.05) is 6.07 Å². The third-order valence-electron chi connectivity index (χ3n) is 6.10. The summed E-state index contributed by atoms with van der Waals surface area (Å²) in [7, 11) is 0. The molecule has 4 rings (SSSR count). The molecule has 0 aliphatic carbocycles. The molecule has 2 fully saturated rings. The molecule has 2 atom stereocenters. The Kier molecular flexibility index (Phi) is 6.19. The van der Waals surface area contributed by atoms with E-state index >= 15 is 0 Å². The van der Waals surface area contributed by atoms with Crippen molar-refractivity contribution in [1.29, 1.82) is 0 Å². The highest BCUT2D eigenvalue weighted by molar-refractivity contribution is 5.95. The van der Waals surface area contributed by atoms with E-state index in [0.29, 0.717) is 44.7 Å². The highest BCUT2D eigenvalue weighted by Gasteiger charge is 2.46. The van der Waals surface area contributed by atoms with Crippen LogP contribution in [0.5, 0.6) is 5.75 Å². The lowest BCUT2D eigenvalue weighted by molar-refractivity contribution is -0.274. The fourth-order valence-electron chi connectivity index (χ4n) is 4.47. The Labute approximate surface area is 186 Å². The smallest absolute Gasteiger partial charge is 0.406 e. The number of aliphatic hydroxyl groups is 1. The van der Waals surface area contributed by atoms with Crippen molar-refractivity contribution in [2.75, 3.05) is 31.5 Å². The van der Waals surface area contributed by atoms with Crippen LogP contribution in [0.3, 0.4) is 0 Å². The first-order valence-corrected chi connectivity index (χ1v) is 10.3. The van der Waals surface area contributed by atoms with Crippen LogP contribution in [0.4, 0.5) is 27.6 Å². The summed E-state index contributed by atoms with van der Waals surface area (Å²) in [5.74, 6) is -2.87. The van der Waals surface area contributed by atoms with Crippen molar-refractivity contribution < 1.29 is 36.6 Å². The van der Waals surface area contributed by atoms with E-state index in [2.05, 4.69) is 10.1 Å². The molecule has 2 saturated heterocycles. The number of hydrogen-bond donors (Lipinski definition) is 2. The van der Waals surface area contributed by atoms with Crippen LogP contribution in [-0.4, -0.2) is 59.7 Å². The summed E-state index contributed by atoms with van der Waals surface area (Å²) >= 11 is 0. The summed E-state index contributed by atoms with van der Waals surface area (Å²) in [6, 6.07) is 8.27. The molecule has 2 aromatic carbocycles. The Hall–Kier alpha value is -2.92. The van der Waals surface area contributed by atoms with E-state index in [0.717, 1.165) is 24.3 Å². The number of carbonyl (C=O) groups excluding carboxylic acids is 1. The first-order chi connectivity index (χ1) is 15.6. The number of carbonyl (C=O) groups is 1. The van der Waals surface area contributed by atoms with E-state index < -0.39 is 35.8 Å². The predicted molar refractivity (Wildman–Crippen MR) is 108 cm³/mol. The number of nitrogens with zero attached hydrogens (tertiary/aromatic N) is 2. The van der Waals surface area contributed by atoms with Gasteiger partial charge in [-0.25, -0.2) is 8.78 Å². The number of rotatable bonds is 5. The Morgan fingerprint density at radius 1 is 1.03 bits per heavy atom. The molecule has 1 spiro atoms. The van der Waals surface area contributed by atoms with Gasteiger partial charge in [-0.15, -0.1) is 13.2 Å². The van der Waals surface area contributed by atoms with Crippen LogP contribution in [-0.2, 0) is 0 Å². The van der Waals surface area contributed by atoms with Crippen molar-refractivity contribution in [3.8, 4) is 5.75 Å². The topological polar surface area (TPSA) is 65.0 Å². The summed E-state index contributed by atoms with van der Waals surface area (Å²) in [6.07, 6.45) is -4.59. The number of aliphatic hydroxyl groups excluding tert-OH is 1. The van der Waals surface area contributed by atoms with Crippen LogP contribution in [0.15, 0.2) is 42.5 Å². The van der Waals surface area contributed by atoms with Gasteiger partial charge in [0.1, 0.15) is 22.9 Å². The zero-order valence-corrected chi connectivity index (χ0v) is 17.4. The maximum Gasteiger partial charge on any atom is 0.573 e. The van der Waals surface area contributed by atoms with E-state index in [-0.39, 0.29) is 11.2 Å². The molecule has 2 aromatic rings. The number of anilines is 1. The average molecular weight is 471 g/mol. The third-order valence-corrected chi connectivity index (χ3v) is 6.10. The predicted octanol–water partition coefficient (Wildman–Crippen LogP) is 3.79. The number of amides is 1. The minimum Gasteiger partial charge on any atom is -0.406 e. The maximum atomic E-state index is 14.0. The van der Waals surface area contributed by atoms with Crippen LogP contribution >= 0.6 is 0 Å². The number of likely N-dealkylation sites (tertiary alicyclic amines) is 2. The molecular formula is C22H22F5N3O3. The Balaban J connectivity index is 1.35. The number of hydrogen-bond acceptors (Lipinski definition) is 5. The molecule has 0 aromatic heterocycles. The quantitative estimate of drug-likeness (QED) is 0.513. The summed E-state index contributed by atoms with van der Waals surface area (Å²) in [4.78, 5) is 15.9. The van der Waals surface area contributed by atoms with Gasteiger partial charge in [-0.2, -0.15) is 0 Å². The normalized spacial score (nSPS) is 22.1. The Bertz CT molecular complexity index is 997. The summed E-state index contributed by atoms with van der Waals surface area (Å²) in [5.41, 5.74) is -0.481. The van der Waals surface area contributed by atoms with E-state index in [1.54, 1.807) is 4.90 Å². The second-order valence-electron chi connectivity index (χ2n) is 8.38. The maximum absolute atomic E-state index is 14.0. The van der Waals surface area contributed by atoms with Crippen molar-refractivity contribution >= 4 is 11.6 Å². The molecule has 0 bridgehead atoms. The minimum absolute atomic E-state index is 0.312. The molecule has 178 valence electrons. The average Bonchev–Trinajstić information content (AvgIpc) is 3.35. The van der Waals surface area contributed by atoms with Crippen molar-refractivity contribution in [3.05, 3.63) is 59.7 Å². The number of halogens is 5. The van der Waals surface area contributed by atoms with Crippen LogP contribution in [0.2, 0.25) is 0 Å². The SMILES string of the molecule is O=C(c1c(F)cccc1F)N1CCC2(CCN(C(O)Nc3ccc(OC(F)(F)F)cc3)C2)C1. The van der Waals surface area contributed by atoms with Gasteiger partial charge in [0.15, 0.2) is 6.35 Å². The number of alkyl halides is 3. The highest BCUT2D eigenvalue weighted by atomic mass is 19.4. The van der Waals surface area contributed by atoms with Crippen molar-refractivity contribution in [1.82, 2.24) is 9.80 Å². The number of benzene rings is 2. The number of nitrogens with one attached hydrogen (secondary N) is 1. The molecule has 0 saturated carbocycles. The van der Waals surface area contributed by atoms with Crippen LogP contribution in [0.1, 0.15) is 23.2 Å². The van der Waals surface area contributed by atoms with Gasteiger partial charge in [-0.05, 0) is 49.2 Å². The first kappa shape index (κ1) is 23.2. The molecule has 11 heteroatoms. The molecule has 2 aliphatic heterocycles. The fourth-order valence-corrected chi connectivity index (χ4v) is 4.47. The molecule has 2 N–H and O–H groups in total. The molecule has 2 heterocycles. The largest absolute Gasteiger partial charge is 0.573 e. The lowest BCUT2D eigenvalue weighted by Crippen LogP contribution is -2.41. The zero-order chi connectivity index (χ0) is 23.8. The lowest BCUT2D eigenvalue weighted by Gasteiger charge is -2.28. The van der Waals surface area contributed by atoms with E-state index in [1.807, 2.05) is 0 Å². The zero-order valence-electron chi connectivity index (χ0n) is 17.4. The molecule has 0 radical (unpaired) electrons. The van der Waals surface area contributed by atoms with Gasteiger partial charge in [0.05, 0.1) is 0 Å². The number of ether oxygens (including phenoxy) is 1. The van der Waals surface area contributed by atoms with E-state index in [4.69, 9.17) is 0 Å². The third kappa shape index (κ3) is 5.19. The van der Waals surface area contributed by atoms with Gasteiger partial charge < -0.3 is 20.1 Å². The molecule has 2 aliphatic rings. The second-order valence-corrected chi connectivity index (χ2v) is 8.38. The summed E-state index contributed by atoms with van der Waals surface area (Å²) in [6.45, 7) is 1.62. The molecule has 33 heavy (non-hydrogen) atoms.